The summed E-state index contributed by atoms with van der Waals surface area (Å²) in [5.41, 5.74) is 0.898. The zero-order chi connectivity index (χ0) is 13.5. The van der Waals surface area contributed by atoms with E-state index in [1.54, 1.807) is 0 Å². The van der Waals surface area contributed by atoms with Gasteiger partial charge in [0.2, 0.25) is 5.91 Å². The Kier molecular flexibility index (Phi) is 2.66. The van der Waals surface area contributed by atoms with E-state index in [0.29, 0.717) is 12.8 Å². The van der Waals surface area contributed by atoms with Crippen molar-refractivity contribution in [1.29, 1.82) is 0 Å². The number of esters is 1. The molecule has 0 aromatic heterocycles. The molecule has 2 unspecified atom stereocenters. The Morgan fingerprint density at radius 3 is 2.95 bits per heavy atom. The van der Waals surface area contributed by atoms with Crippen LogP contribution in [0, 0.1) is 5.92 Å². The molecule has 1 N–H and O–H groups in total. The van der Waals surface area contributed by atoms with Crippen molar-refractivity contribution in [1.82, 2.24) is 0 Å². The molecular weight excluding hydrogens is 242 g/mol. The molecule has 1 aromatic rings. The van der Waals surface area contributed by atoms with Crippen LogP contribution in [0.3, 0.4) is 0 Å². The number of hydrogen-bond donors (Lipinski definition) is 1. The molecule has 0 radical (unpaired) electrons. The second kappa shape index (κ2) is 4.23. The number of para-hydroxylation sites is 1. The number of methoxy groups -OCH3 is 1. The highest BCUT2D eigenvalue weighted by Gasteiger charge is 2.55. The van der Waals surface area contributed by atoms with E-state index in [2.05, 4.69) is 5.32 Å². The number of fused-ring (bicyclic) bond motifs is 2. The number of allylic oxidation sites excluding steroid dienone is 2. The number of hydrogen-bond acceptors (Lipinski definition) is 3. The lowest BCUT2D eigenvalue weighted by molar-refractivity contribution is -0.150. The molecule has 1 amide bonds. The normalized spacial score (nSPS) is 28.1. The lowest BCUT2D eigenvalue weighted by Crippen LogP contribution is -2.46. The number of nitrogens with one attached hydrogen (secondary N) is 1. The van der Waals surface area contributed by atoms with Gasteiger partial charge in [0.15, 0.2) is 0 Å². The summed E-state index contributed by atoms with van der Waals surface area (Å²) in [6, 6.07) is 7.56. The summed E-state index contributed by atoms with van der Waals surface area (Å²) >= 11 is 0. The first kappa shape index (κ1) is 12.0. The molecule has 1 aliphatic heterocycles. The predicted octanol–water partition coefficient (Wildman–Crippen LogP) is 2.02. The Morgan fingerprint density at radius 1 is 1.37 bits per heavy atom. The van der Waals surface area contributed by atoms with Crippen molar-refractivity contribution in [2.45, 2.75) is 18.3 Å². The molecule has 1 aromatic carbocycles. The number of benzene rings is 1. The zero-order valence-corrected chi connectivity index (χ0v) is 10.7. The topological polar surface area (TPSA) is 55.4 Å². The van der Waals surface area contributed by atoms with E-state index in [1.165, 1.54) is 7.11 Å². The van der Waals surface area contributed by atoms with Crippen molar-refractivity contribution >= 4 is 17.6 Å². The van der Waals surface area contributed by atoms with Crippen molar-refractivity contribution < 1.29 is 14.3 Å². The van der Waals surface area contributed by atoms with Crippen LogP contribution in [-0.2, 0) is 19.7 Å². The highest BCUT2D eigenvalue weighted by atomic mass is 16.5. The van der Waals surface area contributed by atoms with Gasteiger partial charge in [0, 0.05) is 5.69 Å². The van der Waals surface area contributed by atoms with Gasteiger partial charge in [-0.25, -0.2) is 0 Å². The molecule has 2 aliphatic rings. The lowest BCUT2D eigenvalue weighted by atomic mass is 9.65. The zero-order valence-electron chi connectivity index (χ0n) is 10.7. The van der Waals surface area contributed by atoms with Crippen LogP contribution in [-0.4, -0.2) is 19.0 Å². The van der Waals surface area contributed by atoms with E-state index >= 15 is 0 Å². The van der Waals surface area contributed by atoms with Gasteiger partial charge in [0.25, 0.3) is 0 Å². The highest BCUT2D eigenvalue weighted by Crippen LogP contribution is 2.49. The van der Waals surface area contributed by atoms with Crippen LogP contribution >= 0.6 is 0 Å². The fourth-order valence-corrected chi connectivity index (χ4v) is 3.17. The third-order valence-corrected chi connectivity index (χ3v) is 4.12. The molecule has 3 rings (SSSR count). The van der Waals surface area contributed by atoms with Gasteiger partial charge in [-0.1, -0.05) is 30.4 Å². The van der Waals surface area contributed by atoms with Crippen LogP contribution < -0.4 is 5.32 Å². The minimum absolute atomic E-state index is 0.103. The molecule has 1 heterocycles. The van der Waals surface area contributed by atoms with Gasteiger partial charge in [0.1, 0.15) is 0 Å². The quantitative estimate of drug-likeness (QED) is 0.618. The molecule has 2 atom stereocenters. The molecular formula is C15H15NO3. The number of carbonyl (C=O) groups is 2. The Labute approximate surface area is 111 Å². The van der Waals surface area contributed by atoms with E-state index in [1.807, 2.05) is 36.4 Å². The average Bonchev–Trinajstić information content (AvgIpc) is 2.72. The number of amides is 1. The third kappa shape index (κ3) is 1.52. The van der Waals surface area contributed by atoms with Gasteiger partial charge >= 0.3 is 5.97 Å². The van der Waals surface area contributed by atoms with E-state index in [4.69, 9.17) is 4.74 Å². The van der Waals surface area contributed by atoms with E-state index in [9.17, 15) is 9.59 Å². The summed E-state index contributed by atoms with van der Waals surface area (Å²) in [5, 5.41) is 2.89. The summed E-state index contributed by atoms with van der Waals surface area (Å²) in [6.45, 7) is 0. The van der Waals surface area contributed by atoms with Crippen LogP contribution in [0.4, 0.5) is 5.69 Å². The number of rotatable bonds is 1. The maximum atomic E-state index is 12.5. The summed E-state index contributed by atoms with van der Waals surface area (Å²) in [5.74, 6) is -0.879. The van der Waals surface area contributed by atoms with Crippen molar-refractivity contribution in [3.63, 3.8) is 0 Å². The standard InChI is InChI=1S/C15H15NO3/c1-19-13(17)11-7-4-5-9-15(11)10-6-2-3-8-12(10)16-14(15)18/h2-6,8,11H,7,9H2,1H3,(H,16,18). The Bertz CT molecular complexity index is 579. The number of ether oxygens (including phenoxy) is 1. The Hall–Kier alpha value is -2.10. The Balaban J connectivity index is 2.17. The molecule has 4 nitrogen and oxygen atoms in total. The molecule has 0 bridgehead atoms. The van der Waals surface area contributed by atoms with Gasteiger partial charge in [-0.15, -0.1) is 0 Å². The average molecular weight is 257 g/mol. The van der Waals surface area contributed by atoms with Crippen molar-refractivity contribution in [3.8, 4) is 0 Å². The second-order valence-electron chi connectivity index (χ2n) is 4.96. The minimum atomic E-state index is -0.807. The van der Waals surface area contributed by atoms with Crippen LogP contribution in [0.1, 0.15) is 18.4 Å². The molecule has 0 saturated carbocycles. The molecule has 0 fully saturated rings. The molecule has 98 valence electrons. The van der Waals surface area contributed by atoms with E-state index in [0.717, 1.165) is 11.3 Å². The molecule has 1 spiro atoms. The summed E-state index contributed by atoms with van der Waals surface area (Å²) in [7, 11) is 1.37. The highest BCUT2D eigenvalue weighted by molar-refractivity contribution is 6.09. The van der Waals surface area contributed by atoms with Crippen LogP contribution in [0.25, 0.3) is 0 Å². The van der Waals surface area contributed by atoms with E-state index < -0.39 is 11.3 Å². The van der Waals surface area contributed by atoms with Gasteiger partial charge in [-0.05, 0) is 24.5 Å². The predicted molar refractivity (Wildman–Crippen MR) is 70.6 cm³/mol. The minimum Gasteiger partial charge on any atom is -0.469 e. The van der Waals surface area contributed by atoms with Crippen LogP contribution in [0.5, 0.6) is 0 Å². The second-order valence-corrected chi connectivity index (χ2v) is 4.96. The number of anilines is 1. The van der Waals surface area contributed by atoms with Gasteiger partial charge < -0.3 is 10.1 Å². The largest absolute Gasteiger partial charge is 0.469 e. The SMILES string of the molecule is COC(=O)C1CC=CCC12C(=O)Nc1ccccc12. The molecule has 4 heteroatoms. The van der Waals surface area contributed by atoms with Gasteiger partial charge in [-0.3, -0.25) is 9.59 Å². The van der Waals surface area contributed by atoms with Gasteiger partial charge in [-0.2, -0.15) is 0 Å². The summed E-state index contributed by atoms with van der Waals surface area (Å²) in [6.07, 6.45) is 4.99. The summed E-state index contributed by atoms with van der Waals surface area (Å²) in [4.78, 5) is 24.5. The first-order valence-corrected chi connectivity index (χ1v) is 6.34. The monoisotopic (exact) mass is 257 g/mol. The van der Waals surface area contributed by atoms with Crippen molar-refractivity contribution in [2.24, 2.45) is 5.92 Å². The molecule has 0 saturated heterocycles. The third-order valence-electron chi connectivity index (χ3n) is 4.12. The first-order chi connectivity index (χ1) is 9.20. The number of carbonyl (C=O) groups excluding carboxylic acids is 2. The van der Waals surface area contributed by atoms with Crippen molar-refractivity contribution in [2.75, 3.05) is 12.4 Å². The fraction of sp³-hybridized carbons (Fsp3) is 0.333. The van der Waals surface area contributed by atoms with Crippen LogP contribution in [0.15, 0.2) is 36.4 Å². The fourth-order valence-electron chi connectivity index (χ4n) is 3.17. The van der Waals surface area contributed by atoms with Crippen LogP contribution in [0.2, 0.25) is 0 Å². The maximum Gasteiger partial charge on any atom is 0.310 e. The van der Waals surface area contributed by atoms with Gasteiger partial charge in [0.05, 0.1) is 18.4 Å². The first-order valence-electron chi connectivity index (χ1n) is 6.34. The lowest BCUT2D eigenvalue weighted by Gasteiger charge is -2.35. The maximum absolute atomic E-state index is 12.5. The summed E-state index contributed by atoms with van der Waals surface area (Å²) < 4.78 is 4.89. The molecule has 19 heavy (non-hydrogen) atoms. The van der Waals surface area contributed by atoms with Crippen molar-refractivity contribution in [3.05, 3.63) is 42.0 Å². The van der Waals surface area contributed by atoms with E-state index in [-0.39, 0.29) is 11.9 Å². The molecule has 1 aliphatic carbocycles. The smallest absolute Gasteiger partial charge is 0.310 e. The Morgan fingerprint density at radius 2 is 2.16 bits per heavy atom.